The fourth-order valence-corrected chi connectivity index (χ4v) is 3.54. The van der Waals surface area contributed by atoms with Gasteiger partial charge in [0.1, 0.15) is 5.82 Å². The van der Waals surface area contributed by atoms with E-state index in [4.69, 9.17) is 0 Å². The number of benzene rings is 1. The summed E-state index contributed by atoms with van der Waals surface area (Å²) in [6.45, 7) is 0. The molecule has 0 saturated heterocycles. The summed E-state index contributed by atoms with van der Waals surface area (Å²) in [6.07, 6.45) is 3.81. The maximum Gasteiger partial charge on any atom is 0.226 e. The van der Waals surface area contributed by atoms with Gasteiger partial charge in [0.2, 0.25) is 5.91 Å². The van der Waals surface area contributed by atoms with Gasteiger partial charge in [0.05, 0.1) is 5.69 Å². The van der Waals surface area contributed by atoms with E-state index in [0.29, 0.717) is 17.3 Å². The Morgan fingerprint density at radius 3 is 2.83 bits per heavy atom. The normalized spacial score (nSPS) is 10.5. The molecule has 1 aromatic carbocycles. The van der Waals surface area contributed by atoms with Gasteiger partial charge in [-0.15, -0.1) is 23.1 Å². The molecule has 0 unspecified atom stereocenters. The maximum atomic E-state index is 12.8. The van der Waals surface area contributed by atoms with Crippen LogP contribution >= 0.6 is 23.1 Å². The van der Waals surface area contributed by atoms with Crippen molar-refractivity contribution in [1.82, 2.24) is 9.97 Å². The zero-order chi connectivity index (χ0) is 16.8. The third kappa shape index (κ3) is 4.62. The third-order valence-corrected chi connectivity index (χ3v) is 4.89. The summed E-state index contributed by atoms with van der Waals surface area (Å²) in [7, 11) is 0. The minimum Gasteiger partial charge on any atom is -0.302 e. The average Bonchev–Trinajstić information content (AvgIpc) is 3.06. The Labute approximate surface area is 147 Å². The molecule has 4 nitrogen and oxygen atoms in total. The molecular weight excluding hydrogens is 345 g/mol. The molecule has 0 aliphatic rings. The number of carbonyl (C=O) groups is 1. The van der Waals surface area contributed by atoms with Gasteiger partial charge in [0, 0.05) is 40.4 Å². The van der Waals surface area contributed by atoms with E-state index >= 15 is 0 Å². The quantitative estimate of drug-likeness (QED) is 0.660. The van der Waals surface area contributed by atoms with E-state index in [1.165, 1.54) is 35.2 Å². The van der Waals surface area contributed by atoms with Gasteiger partial charge in [-0.3, -0.25) is 9.78 Å². The number of anilines is 1. The van der Waals surface area contributed by atoms with Gasteiger partial charge in [-0.05, 0) is 36.4 Å². The molecule has 0 spiro atoms. The summed E-state index contributed by atoms with van der Waals surface area (Å²) in [5, 5.41) is 5.27. The van der Waals surface area contributed by atoms with E-state index in [9.17, 15) is 9.18 Å². The van der Waals surface area contributed by atoms with Crippen LogP contribution in [0.2, 0.25) is 0 Å². The number of aromatic nitrogens is 2. The molecule has 7 heteroatoms. The lowest BCUT2D eigenvalue weighted by Crippen LogP contribution is -2.11. The summed E-state index contributed by atoms with van der Waals surface area (Å²) >= 11 is 2.90. The smallest absolute Gasteiger partial charge is 0.226 e. The summed E-state index contributed by atoms with van der Waals surface area (Å²) in [4.78, 5) is 21.4. The van der Waals surface area contributed by atoms with E-state index in [1.807, 2.05) is 17.5 Å². The molecule has 0 radical (unpaired) electrons. The molecule has 0 aliphatic heterocycles. The molecule has 3 rings (SSSR count). The van der Waals surface area contributed by atoms with Crippen LogP contribution in [-0.2, 0) is 4.79 Å². The molecule has 24 heavy (non-hydrogen) atoms. The first-order chi connectivity index (χ1) is 11.7. The monoisotopic (exact) mass is 359 g/mol. The van der Waals surface area contributed by atoms with Crippen LogP contribution in [0.25, 0.3) is 11.3 Å². The van der Waals surface area contributed by atoms with Crippen molar-refractivity contribution in [1.29, 1.82) is 0 Å². The topological polar surface area (TPSA) is 54.9 Å². The van der Waals surface area contributed by atoms with Gasteiger partial charge in [0.15, 0.2) is 5.13 Å². The van der Waals surface area contributed by atoms with E-state index in [1.54, 1.807) is 24.5 Å². The van der Waals surface area contributed by atoms with E-state index < -0.39 is 0 Å². The standard InChI is InChI=1S/C17H14FN3OS2/c18-13-3-5-14(6-4-13)23-9-7-16(22)21-17-20-15(11-24-17)12-2-1-8-19-10-12/h1-6,8,10-11H,7,9H2,(H,20,21,22). The van der Waals surface area contributed by atoms with Gasteiger partial charge in [-0.1, -0.05) is 0 Å². The predicted octanol–water partition coefficient (Wildman–Crippen LogP) is 4.47. The second-order valence-electron chi connectivity index (χ2n) is 4.88. The van der Waals surface area contributed by atoms with Crippen LogP contribution in [0.15, 0.2) is 59.1 Å². The number of thiazole rings is 1. The van der Waals surface area contributed by atoms with Crippen molar-refractivity contribution in [3.05, 3.63) is 60.0 Å². The Morgan fingerprint density at radius 2 is 2.08 bits per heavy atom. The number of nitrogens with one attached hydrogen (secondary N) is 1. The minimum absolute atomic E-state index is 0.0864. The molecule has 2 heterocycles. The Kier molecular flexibility index (Phi) is 5.55. The number of carbonyl (C=O) groups excluding carboxylic acids is 1. The first-order valence-corrected chi connectivity index (χ1v) is 9.11. The van der Waals surface area contributed by atoms with E-state index in [-0.39, 0.29) is 11.7 Å². The largest absolute Gasteiger partial charge is 0.302 e. The van der Waals surface area contributed by atoms with E-state index in [2.05, 4.69) is 15.3 Å². The zero-order valence-electron chi connectivity index (χ0n) is 12.6. The number of hydrogen-bond donors (Lipinski definition) is 1. The van der Waals surface area contributed by atoms with Crippen LogP contribution in [-0.4, -0.2) is 21.6 Å². The first-order valence-electron chi connectivity index (χ1n) is 7.25. The molecule has 0 aliphatic carbocycles. The lowest BCUT2D eigenvalue weighted by Gasteiger charge is -2.02. The minimum atomic E-state index is -0.259. The fraction of sp³-hybridized carbons (Fsp3) is 0.118. The van der Waals surface area contributed by atoms with E-state index in [0.717, 1.165) is 16.2 Å². The summed E-state index contributed by atoms with van der Waals surface area (Å²) < 4.78 is 12.8. The van der Waals surface area contributed by atoms with Crippen molar-refractivity contribution in [2.75, 3.05) is 11.1 Å². The van der Waals surface area contributed by atoms with Gasteiger partial charge < -0.3 is 5.32 Å². The van der Waals surface area contributed by atoms with Crippen LogP contribution in [0.3, 0.4) is 0 Å². The number of thioether (sulfide) groups is 1. The molecule has 0 bridgehead atoms. The van der Waals surface area contributed by atoms with Crippen LogP contribution in [0.4, 0.5) is 9.52 Å². The third-order valence-electron chi connectivity index (χ3n) is 3.12. The highest BCUT2D eigenvalue weighted by Crippen LogP contribution is 2.24. The van der Waals surface area contributed by atoms with Crippen molar-refractivity contribution in [3.63, 3.8) is 0 Å². The van der Waals surface area contributed by atoms with Gasteiger partial charge >= 0.3 is 0 Å². The Morgan fingerprint density at radius 1 is 1.25 bits per heavy atom. The molecule has 1 amide bonds. The average molecular weight is 359 g/mol. The van der Waals surface area contributed by atoms with Crippen LogP contribution in [0, 0.1) is 5.82 Å². The lowest BCUT2D eigenvalue weighted by molar-refractivity contribution is -0.115. The second-order valence-corrected chi connectivity index (χ2v) is 6.91. The maximum absolute atomic E-state index is 12.8. The Hall–Kier alpha value is -2.25. The number of halogens is 1. The van der Waals surface area contributed by atoms with Gasteiger partial charge in [0.25, 0.3) is 0 Å². The zero-order valence-corrected chi connectivity index (χ0v) is 14.2. The number of rotatable bonds is 6. The van der Waals surface area contributed by atoms with Gasteiger partial charge in [-0.2, -0.15) is 0 Å². The fourth-order valence-electron chi connectivity index (χ4n) is 1.95. The lowest BCUT2D eigenvalue weighted by atomic mass is 10.2. The number of pyridine rings is 1. The molecule has 0 atom stereocenters. The molecule has 0 fully saturated rings. The van der Waals surface area contributed by atoms with Crippen molar-refractivity contribution in [2.45, 2.75) is 11.3 Å². The summed E-state index contributed by atoms with van der Waals surface area (Å²) in [5.74, 6) is 0.278. The Balaban J connectivity index is 1.48. The van der Waals surface area contributed by atoms with Crippen molar-refractivity contribution >= 4 is 34.1 Å². The molecule has 1 N–H and O–H groups in total. The number of amides is 1. The molecular formula is C17H14FN3OS2. The van der Waals surface area contributed by atoms with Crippen molar-refractivity contribution in [2.24, 2.45) is 0 Å². The predicted molar refractivity (Wildman–Crippen MR) is 95.7 cm³/mol. The highest BCUT2D eigenvalue weighted by molar-refractivity contribution is 7.99. The first kappa shape index (κ1) is 16.6. The number of nitrogens with zero attached hydrogens (tertiary/aromatic N) is 2. The van der Waals surface area contributed by atoms with Crippen molar-refractivity contribution in [3.8, 4) is 11.3 Å². The van der Waals surface area contributed by atoms with Crippen LogP contribution in [0.5, 0.6) is 0 Å². The highest BCUT2D eigenvalue weighted by atomic mass is 32.2. The molecule has 0 saturated carbocycles. The summed E-state index contributed by atoms with van der Waals surface area (Å²) in [5.41, 5.74) is 1.71. The van der Waals surface area contributed by atoms with Gasteiger partial charge in [-0.25, -0.2) is 9.37 Å². The van der Waals surface area contributed by atoms with Crippen LogP contribution in [0.1, 0.15) is 6.42 Å². The number of hydrogen-bond acceptors (Lipinski definition) is 5. The van der Waals surface area contributed by atoms with Crippen LogP contribution < -0.4 is 5.32 Å². The molecule has 2 aromatic heterocycles. The molecule has 122 valence electrons. The summed E-state index contributed by atoms with van der Waals surface area (Å²) in [6, 6.07) is 10.0. The molecule has 3 aromatic rings. The second kappa shape index (κ2) is 8.03. The highest BCUT2D eigenvalue weighted by Gasteiger charge is 2.08. The Bertz CT molecular complexity index is 806. The van der Waals surface area contributed by atoms with Crippen molar-refractivity contribution < 1.29 is 9.18 Å². The SMILES string of the molecule is O=C(CCSc1ccc(F)cc1)Nc1nc(-c2cccnc2)cs1.